The number of halogens is 1. The van der Waals surface area contributed by atoms with Crippen LogP contribution in [0.4, 0.5) is 4.39 Å². The summed E-state index contributed by atoms with van der Waals surface area (Å²) in [5, 5.41) is 0.589. The van der Waals surface area contributed by atoms with Crippen LogP contribution in [0.15, 0.2) is 22.4 Å². The topological polar surface area (TPSA) is 9.23 Å². The van der Waals surface area contributed by atoms with Gasteiger partial charge in [-0.15, -0.1) is 24.0 Å². The zero-order valence-corrected chi connectivity index (χ0v) is 9.29. The van der Waals surface area contributed by atoms with Crippen molar-refractivity contribution in [1.82, 2.24) is 0 Å². The Bertz CT molecular complexity index is 464. The summed E-state index contributed by atoms with van der Waals surface area (Å²) in [5.41, 5.74) is 0. The molecule has 2 aromatic rings. The van der Waals surface area contributed by atoms with Crippen molar-refractivity contribution in [2.45, 2.75) is 11.1 Å². The van der Waals surface area contributed by atoms with Crippen molar-refractivity contribution in [3.63, 3.8) is 0 Å². The van der Waals surface area contributed by atoms with Crippen LogP contribution in [0.25, 0.3) is 10.1 Å². The van der Waals surface area contributed by atoms with E-state index in [0.29, 0.717) is 22.0 Å². The van der Waals surface area contributed by atoms with Crippen molar-refractivity contribution in [2.75, 3.05) is 6.61 Å². The lowest BCUT2D eigenvalue weighted by atomic mass is 10.2. The van der Waals surface area contributed by atoms with E-state index in [1.807, 2.05) is 19.1 Å². The van der Waals surface area contributed by atoms with Crippen molar-refractivity contribution in [1.29, 1.82) is 0 Å². The molecular formula is C10H9FOS2. The fourth-order valence-electron chi connectivity index (χ4n) is 1.29. The van der Waals surface area contributed by atoms with Crippen molar-refractivity contribution in [3.05, 3.63) is 24.0 Å². The second-order valence-electron chi connectivity index (χ2n) is 2.81. The molecule has 2 rings (SSSR count). The summed E-state index contributed by atoms with van der Waals surface area (Å²) in [6.45, 7) is 2.49. The van der Waals surface area contributed by atoms with E-state index in [0.717, 1.165) is 4.70 Å². The van der Waals surface area contributed by atoms with Gasteiger partial charge in [-0.3, -0.25) is 0 Å². The Morgan fingerprint density at radius 2 is 2.29 bits per heavy atom. The summed E-state index contributed by atoms with van der Waals surface area (Å²) in [4.78, 5) is 0. The second-order valence-corrected chi connectivity index (χ2v) is 4.61. The number of fused-ring (bicyclic) bond motifs is 1. The van der Waals surface area contributed by atoms with E-state index in [-0.39, 0.29) is 5.82 Å². The molecule has 0 fully saturated rings. The fraction of sp³-hybridized carbons (Fsp3) is 0.200. The molecule has 1 aromatic heterocycles. The first-order valence-corrected chi connectivity index (χ1v) is 5.52. The first-order chi connectivity index (χ1) is 6.72. The van der Waals surface area contributed by atoms with Gasteiger partial charge in [0.2, 0.25) is 0 Å². The molecule has 0 spiro atoms. The van der Waals surface area contributed by atoms with Crippen LogP contribution in [0, 0.1) is 5.82 Å². The van der Waals surface area contributed by atoms with Crippen molar-refractivity contribution < 1.29 is 9.13 Å². The highest BCUT2D eigenvalue weighted by Crippen LogP contribution is 2.34. The summed E-state index contributed by atoms with van der Waals surface area (Å²) in [5.74, 6) is 0.444. The number of hydrogen-bond donors (Lipinski definition) is 1. The van der Waals surface area contributed by atoms with Crippen LogP contribution < -0.4 is 4.74 Å². The Morgan fingerprint density at radius 3 is 3.00 bits per heavy atom. The molecule has 14 heavy (non-hydrogen) atoms. The summed E-state index contributed by atoms with van der Waals surface area (Å²) in [7, 11) is 0. The maximum Gasteiger partial charge on any atom is 0.155 e. The van der Waals surface area contributed by atoms with Gasteiger partial charge < -0.3 is 4.74 Å². The predicted molar refractivity (Wildman–Crippen MR) is 60.2 cm³/mol. The molecule has 1 nitrogen and oxygen atoms in total. The Morgan fingerprint density at radius 1 is 1.50 bits per heavy atom. The van der Waals surface area contributed by atoms with Gasteiger partial charge in [0.1, 0.15) is 5.75 Å². The van der Waals surface area contributed by atoms with E-state index >= 15 is 0 Å². The van der Waals surface area contributed by atoms with Crippen LogP contribution in [-0.2, 0) is 0 Å². The molecule has 74 valence electrons. The summed E-state index contributed by atoms with van der Waals surface area (Å²) in [6.07, 6.45) is 0. The number of thiol groups is 1. The third kappa shape index (κ3) is 1.60. The number of rotatable bonds is 2. The van der Waals surface area contributed by atoms with E-state index < -0.39 is 0 Å². The summed E-state index contributed by atoms with van der Waals surface area (Å²) >= 11 is 5.38. The smallest absolute Gasteiger partial charge is 0.155 e. The lowest BCUT2D eigenvalue weighted by Crippen LogP contribution is -1.90. The average molecular weight is 228 g/mol. The van der Waals surface area contributed by atoms with E-state index in [1.54, 1.807) is 6.07 Å². The van der Waals surface area contributed by atoms with Crippen molar-refractivity contribution in [3.8, 4) is 5.75 Å². The monoisotopic (exact) mass is 228 g/mol. The highest BCUT2D eigenvalue weighted by molar-refractivity contribution is 7.83. The van der Waals surface area contributed by atoms with Gasteiger partial charge in [-0.2, -0.15) is 0 Å². The zero-order valence-electron chi connectivity index (χ0n) is 7.58. The molecule has 0 atom stereocenters. The number of ether oxygens (including phenoxy) is 1. The largest absolute Gasteiger partial charge is 0.494 e. The number of thiophene rings is 1. The number of benzene rings is 1. The van der Waals surface area contributed by atoms with Gasteiger partial charge in [-0.1, -0.05) is 0 Å². The average Bonchev–Trinajstić information content (AvgIpc) is 2.45. The Kier molecular flexibility index (Phi) is 2.65. The van der Waals surface area contributed by atoms with Gasteiger partial charge >= 0.3 is 0 Å². The minimum atomic E-state index is -0.255. The lowest BCUT2D eigenvalue weighted by molar-refractivity contribution is 0.340. The van der Waals surface area contributed by atoms with Gasteiger partial charge in [0.05, 0.1) is 10.8 Å². The Hall–Kier alpha value is -0.740. The van der Waals surface area contributed by atoms with Crippen LogP contribution in [-0.4, -0.2) is 6.61 Å². The van der Waals surface area contributed by atoms with E-state index in [2.05, 4.69) is 12.6 Å². The summed E-state index contributed by atoms with van der Waals surface area (Å²) < 4.78 is 20.1. The minimum absolute atomic E-state index is 0.255. The zero-order chi connectivity index (χ0) is 10.1. The molecule has 0 unspecified atom stereocenters. The fourth-order valence-corrected chi connectivity index (χ4v) is 2.51. The minimum Gasteiger partial charge on any atom is -0.494 e. The molecule has 0 aliphatic carbocycles. The van der Waals surface area contributed by atoms with Gasteiger partial charge in [0.15, 0.2) is 5.82 Å². The van der Waals surface area contributed by atoms with Crippen LogP contribution >= 0.6 is 24.0 Å². The van der Waals surface area contributed by atoms with Crippen molar-refractivity contribution >= 4 is 34.1 Å². The maximum absolute atomic E-state index is 13.5. The Balaban J connectivity index is 2.58. The SMILES string of the molecule is CCOc1ccc2sc(S)c(F)c2c1. The van der Waals surface area contributed by atoms with Crippen LogP contribution in [0.2, 0.25) is 0 Å². The molecule has 0 saturated heterocycles. The van der Waals surface area contributed by atoms with Crippen LogP contribution in [0.3, 0.4) is 0 Å². The first-order valence-electron chi connectivity index (χ1n) is 4.26. The quantitative estimate of drug-likeness (QED) is 0.771. The number of hydrogen-bond acceptors (Lipinski definition) is 3. The first kappa shape index (κ1) is 9.80. The predicted octanol–water partition coefficient (Wildman–Crippen LogP) is 3.73. The molecule has 1 heterocycles. The summed E-state index contributed by atoms with van der Waals surface area (Å²) in [6, 6.07) is 5.41. The highest BCUT2D eigenvalue weighted by atomic mass is 32.2. The van der Waals surface area contributed by atoms with E-state index in [1.165, 1.54) is 11.3 Å². The van der Waals surface area contributed by atoms with E-state index in [4.69, 9.17) is 4.74 Å². The molecule has 0 bridgehead atoms. The van der Waals surface area contributed by atoms with E-state index in [9.17, 15) is 4.39 Å². The molecule has 0 N–H and O–H groups in total. The molecular weight excluding hydrogens is 219 g/mol. The third-order valence-electron chi connectivity index (χ3n) is 1.89. The van der Waals surface area contributed by atoms with Gasteiger partial charge in [-0.05, 0) is 25.1 Å². The second kappa shape index (κ2) is 3.79. The lowest BCUT2D eigenvalue weighted by Gasteiger charge is -2.01. The standard InChI is InChI=1S/C10H9FOS2/c1-2-12-6-3-4-8-7(5-6)9(11)10(13)14-8/h3-5,13H,2H2,1H3. The van der Waals surface area contributed by atoms with Gasteiger partial charge in [-0.25, -0.2) is 4.39 Å². The van der Waals surface area contributed by atoms with Crippen LogP contribution in [0.5, 0.6) is 5.75 Å². The Labute approximate surface area is 90.9 Å². The molecule has 0 aliphatic heterocycles. The van der Waals surface area contributed by atoms with Gasteiger partial charge in [0, 0.05) is 10.1 Å². The van der Waals surface area contributed by atoms with Crippen molar-refractivity contribution in [2.24, 2.45) is 0 Å². The molecule has 0 saturated carbocycles. The maximum atomic E-state index is 13.5. The molecule has 4 heteroatoms. The third-order valence-corrected chi connectivity index (χ3v) is 3.31. The normalized spacial score (nSPS) is 10.8. The molecule has 0 amide bonds. The van der Waals surface area contributed by atoms with Gasteiger partial charge in [0.25, 0.3) is 0 Å². The molecule has 1 aromatic carbocycles. The highest BCUT2D eigenvalue weighted by Gasteiger charge is 2.09. The molecule has 0 radical (unpaired) electrons. The molecule has 0 aliphatic rings. The van der Waals surface area contributed by atoms with Crippen LogP contribution in [0.1, 0.15) is 6.92 Å².